The second-order valence-corrected chi connectivity index (χ2v) is 18.7. The first-order valence-corrected chi connectivity index (χ1v) is 20.3. The van der Waals surface area contributed by atoms with Crippen molar-refractivity contribution in [2.45, 2.75) is 128 Å². The monoisotopic (exact) mass is 816 g/mol. The number of carbonyl (C=O) groups excluding carboxylic acids is 5. The fourth-order valence-electron chi connectivity index (χ4n) is 10.9. The number of nitrogens with one attached hydrogen (secondary N) is 2. The summed E-state index contributed by atoms with van der Waals surface area (Å²) in [6.07, 6.45) is -3.64. The van der Waals surface area contributed by atoms with E-state index in [0.29, 0.717) is 24.0 Å². The van der Waals surface area contributed by atoms with E-state index in [1.54, 1.807) is 102 Å². The zero-order chi connectivity index (χ0) is 42.9. The van der Waals surface area contributed by atoms with Crippen molar-refractivity contribution in [1.29, 1.82) is 0 Å². The Morgan fingerprint density at radius 3 is 2.14 bits per heavy atom. The number of aliphatic hydroxyl groups excluding tert-OH is 1. The minimum absolute atomic E-state index is 0.00644. The van der Waals surface area contributed by atoms with E-state index < -0.39 is 99.8 Å². The molecule has 1 heterocycles. The molecule has 2 amide bonds. The second kappa shape index (κ2) is 15.0. The molecule has 14 heteroatoms. The number of esters is 4. The van der Waals surface area contributed by atoms with Crippen LogP contribution >= 0.6 is 0 Å². The molecule has 1 spiro atoms. The Labute approximate surface area is 344 Å². The highest BCUT2D eigenvalue weighted by molar-refractivity contribution is 5.89. The maximum absolute atomic E-state index is 14.2. The van der Waals surface area contributed by atoms with E-state index in [1.807, 2.05) is 0 Å². The molecule has 4 N–H and O–H groups in total. The number of rotatable bonds is 9. The summed E-state index contributed by atoms with van der Waals surface area (Å²) < 4.78 is 31.2. The minimum Gasteiger partial charge on any atom is -0.462 e. The fraction of sp³-hybridized carbons (Fsp3) is 0.578. The van der Waals surface area contributed by atoms with Crippen LogP contribution in [0.3, 0.4) is 0 Å². The van der Waals surface area contributed by atoms with Crippen LogP contribution in [0, 0.1) is 28.6 Å². The number of ether oxygens (including phenoxy) is 5. The van der Waals surface area contributed by atoms with Gasteiger partial charge in [-0.2, -0.15) is 0 Å². The summed E-state index contributed by atoms with van der Waals surface area (Å²) in [5.41, 5.74) is -4.80. The standard InChI is InChI=1S/C45H56N2O12/c1-24-30(57-39(52)35(50)34(27-15-11-9-12-16-27)46-40(53)47-41(4,5)6)22-45(54)37(58-38(51)28-17-13-10-14-18-28)36-43(21-31(56-25(2)48)33(24)42(45,7)8)20-29(43)19-32-44(36,23-55-32)59-26(3)49/h9-18,29,31-37,50,54H,19-23H2,1-8H3,(H2,46,47,53)/t29-,31+,32?,33?,34+,35-,36?,37?,43-,44+,45-/m1/s1. The first-order valence-electron chi connectivity index (χ1n) is 20.3. The lowest BCUT2D eigenvalue weighted by Gasteiger charge is -2.65. The molecule has 14 nitrogen and oxygen atoms in total. The normalized spacial score (nSPS) is 33.7. The van der Waals surface area contributed by atoms with Crippen LogP contribution in [0.25, 0.3) is 0 Å². The van der Waals surface area contributed by atoms with Gasteiger partial charge >= 0.3 is 29.9 Å². The molecule has 2 aromatic carbocycles. The molecule has 4 unspecified atom stereocenters. The molecule has 318 valence electrons. The van der Waals surface area contributed by atoms with E-state index in [0.717, 1.165) is 0 Å². The molecule has 59 heavy (non-hydrogen) atoms. The van der Waals surface area contributed by atoms with Crippen LogP contribution in [0.1, 0.15) is 103 Å². The van der Waals surface area contributed by atoms with Crippen LogP contribution < -0.4 is 10.6 Å². The first kappa shape index (κ1) is 42.3. The minimum atomic E-state index is -2.07. The molecule has 3 saturated carbocycles. The lowest BCUT2D eigenvalue weighted by molar-refractivity contribution is -0.332. The van der Waals surface area contributed by atoms with Gasteiger partial charge in [0.25, 0.3) is 0 Å². The van der Waals surface area contributed by atoms with Crippen LogP contribution in [-0.4, -0.2) is 87.9 Å². The van der Waals surface area contributed by atoms with Crippen molar-refractivity contribution in [3.05, 3.63) is 83.1 Å². The van der Waals surface area contributed by atoms with Crippen LogP contribution in [0.2, 0.25) is 0 Å². The third kappa shape index (κ3) is 7.41. The molecule has 4 aliphatic carbocycles. The number of aliphatic hydroxyl groups is 2. The number of carbonyl (C=O) groups is 5. The predicted molar refractivity (Wildman–Crippen MR) is 211 cm³/mol. The maximum Gasteiger partial charge on any atom is 0.342 e. The van der Waals surface area contributed by atoms with Crippen LogP contribution in [0.15, 0.2) is 72.0 Å². The maximum atomic E-state index is 14.2. The molecule has 11 atom stereocenters. The average molecular weight is 817 g/mol. The van der Waals surface area contributed by atoms with Crippen molar-refractivity contribution >= 4 is 29.9 Å². The Balaban J connectivity index is 1.34. The Hall–Kier alpha value is -4.79. The van der Waals surface area contributed by atoms with Crippen molar-refractivity contribution in [2.75, 3.05) is 6.61 Å². The van der Waals surface area contributed by atoms with Gasteiger partial charge in [-0.15, -0.1) is 0 Å². The topological polar surface area (TPSA) is 196 Å². The molecule has 1 saturated heterocycles. The summed E-state index contributed by atoms with van der Waals surface area (Å²) >= 11 is 0. The summed E-state index contributed by atoms with van der Waals surface area (Å²) in [6.45, 7) is 13.3. The number of fused-ring (bicyclic) bond motifs is 4. The Bertz CT molecular complexity index is 2030. The Kier molecular flexibility index (Phi) is 10.8. The van der Waals surface area contributed by atoms with Crippen molar-refractivity contribution in [1.82, 2.24) is 10.6 Å². The van der Waals surface area contributed by atoms with E-state index in [4.69, 9.17) is 23.7 Å². The molecule has 5 aliphatic rings. The van der Waals surface area contributed by atoms with Gasteiger partial charge in [0.05, 0.1) is 18.2 Å². The number of hydrogen-bond donors (Lipinski definition) is 4. The van der Waals surface area contributed by atoms with Crippen LogP contribution in [0.5, 0.6) is 0 Å². The number of urea groups is 1. The summed E-state index contributed by atoms with van der Waals surface area (Å²) in [5, 5.41) is 30.9. The quantitative estimate of drug-likeness (QED) is 0.194. The number of benzene rings is 2. The van der Waals surface area contributed by atoms with E-state index >= 15 is 0 Å². The Morgan fingerprint density at radius 2 is 1.56 bits per heavy atom. The van der Waals surface area contributed by atoms with Crippen molar-refractivity contribution in [3.8, 4) is 0 Å². The molecule has 0 radical (unpaired) electrons. The first-order chi connectivity index (χ1) is 27.6. The third-order valence-electron chi connectivity index (χ3n) is 13.5. The largest absolute Gasteiger partial charge is 0.462 e. The molecular formula is C45H56N2O12. The lowest BCUT2D eigenvalue weighted by atomic mass is 9.47. The predicted octanol–water partition coefficient (Wildman–Crippen LogP) is 5.07. The zero-order valence-electron chi connectivity index (χ0n) is 34.9. The van der Waals surface area contributed by atoms with Gasteiger partial charge in [-0.3, -0.25) is 9.59 Å². The van der Waals surface area contributed by atoms with E-state index in [1.165, 1.54) is 13.8 Å². The summed E-state index contributed by atoms with van der Waals surface area (Å²) in [4.78, 5) is 67.5. The van der Waals surface area contributed by atoms with Gasteiger partial charge in [0.15, 0.2) is 11.7 Å². The van der Waals surface area contributed by atoms with E-state index in [-0.39, 0.29) is 36.7 Å². The summed E-state index contributed by atoms with van der Waals surface area (Å²) in [5.74, 6) is -4.59. The fourth-order valence-corrected chi connectivity index (χ4v) is 10.9. The van der Waals surface area contributed by atoms with E-state index in [2.05, 4.69) is 10.6 Å². The number of hydrogen-bond acceptors (Lipinski definition) is 12. The summed E-state index contributed by atoms with van der Waals surface area (Å²) in [7, 11) is 0. The van der Waals surface area contributed by atoms with Gasteiger partial charge in [0.2, 0.25) is 0 Å². The molecule has 2 bridgehead atoms. The molecule has 0 aromatic heterocycles. The van der Waals surface area contributed by atoms with Crippen molar-refractivity contribution in [2.24, 2.45) is 28.6 Å². The van der Waals surface area contributed by atoms with Gasteiger partial charge in [-0.05, 0) is 81.6 Å². The smallest absolute Gasteiger partial charge is 0.342 e. The zero-order valence-corrected chi connectivity index (χ0v) is 34.9. The van der Waals surface area contributed by atoms with Crippen molar-refractivity contribution in [3.63, 3.8) is 0 Å². The second-order valence-electron chi connectivity index (χ2n) is 18.7. The molecule has 1 aliphatic heterocycles. The van der Waals surface area contributed by atoms with Gasteiger partial charge in [-0.25, -0.2) is 14.4 Å². The average Bonchev–Trinajstić information content (AvgIpc) is 3.85. The molecule has 2 aromatic rings. The highest BCUT2D eigenvalue weighted by atomic mass is 16.6. The molecular weight excluding hydrogens is 760 g/mol. The van der Waals surface area contributed by atoms with Crippen molar-refractivity contribution < 1.29 is 57.9 Å². The highest BCUT2D eigenvalue weighted by Crippen LogP contribution is 2.76. The van der Waals surface area contributed by atoms with Gasteiger partial charge in [-0.1, -0.05) is 62.4 Å². The molecule has 4 fully saturated rings. The van der Waals surface area contributed by atoms with Crippen LogP contribution in [-0.2, 0) is 38.1 Å². The number of amides is 2. The highest BCUT2D eigenvalue weighted by Gasteiger charge is 2.81. The molecule has 7 rings (SSSR count). The van der Waals surface area contributed by atoms with Gasteiger partial charge < -0.3 is 44.5 Å². The SMILES string of the molecule is CC(=O)O[C@H]1C[C@]23C[C@H]2CC2OC[C@@]2(OC(C)=O)C3C(OC(=O)c2ccccc2)[C@]2(O)CC(OC(=O)[C@H](O)[C@@H](NC(=O)NC(C)(C)C)c3ccccc3)=C(C)C1C2(C)C. The van der Waals surface area contributed by atoms with E-state index in [9.17, 15) is 34.2 Å². The van der Waals surface area contributed by atoms with Crippen LogP contribution in [0.4, 0.5) is 4.79 Å². The summed E-state index contributed by atoms with van der Waals surface area (Å²) in [6, 6.07) is 15.0. The van der Waals surface area contributed by atoms with Gasteiger partial charge in [0.1, 0.15) is 29.7 Å². The third-order valence-corrected chi connectivity index (χ3v) is 13.5. The lowest BCUT2D eigenvalue weighted by Crippen LogP contribution is -2.77. The van der Waals surface area contributed by atoms with Gasteiger partial charge in [0, 0.05) is 43.1 Å². The Morgan fingerprint density at radius 1 is 0.915 bits per heavy atom.